The summed E-state index contributed by atoms with van der Waals surface area (Å²) in [5, 5.41) is 3.98. The second kappa shape index (κ2) is 8.13. The van der Waals surface area contributed by atoms with E-state index in [9.17, 15) is 14.4 Å². The molecule has 1 aromatic heterocycles. The van der Waals surface area contributed by atoms with Gasteiger partial charge in [0.2, 0.25) is 0 Å². The maximum absolute atomic E-state index is 13.6. The van der Waals surface area contributed by atoms with Gasteiger partial charge < -0.3 is 15.2 Å². The number of urea groups is 1. The van der Waals surface area contributed by atoms with Gasteiger partial charge in [-0.25, -0.2) is 9.69 Å². The number of amides is 4. The average Bonchev–Trinajstić information content (AvgIpc) is 3.38. The fraction of sp³-hybridized carbons (Fsp3) is 0.179. The fourth-order valence-corrected chi connectivity index (χ4v) is 5.32. The van der Waals surface area contributed by atoms with Crippen molar-refractivity contribution >= 4 is 34.4 Å². The Labute approximate surface area is 202 Å². The summed E-state index contributed by atoms with van der Waals surface area (Å²) >= 11 is 0. The number of imide groups is 1. The molecule has 2 N–H and O–H groups in total. The summed E-state index contributed by atoms with van der Waals surface area (Å²) in [4.78, 5) is 46.6. The summed E-state index contributed by atoms with van der Waals surface area (Å²) in [6, 6.07) is 23.1. The molecule has 1 fully saturated rings. The van der Waals surface area contributed by atoms with E-state index in [0.717, 1.165) is 27.7 Å². The summed E-state index contributed by atoms with van der Waals surface area (Å²) < 4.78 is 0. The molecule has 174 valence electrons. The first-order valence-corrected chi connectivity index (χ1v) is 11.7. The zero-order valence-electron chi connectivity index (χ0n) is 19.2. The van der Waals surface area contributed by atoms with E-state index in [2.05, 4.69) is 10.3 Å². The minimum atomic E-state index is -0.607. The van der Waals surface area contributed by atoms with E-state index in [4.69, 9.17) is 0 Å². The number of fused-ring (bicyclic) bond motifs is 4. The number of aromatic nitrogens is 1. The maximum atomic E-state index is 13.6. The number of rotatable bonds is 4. The van der Waals surface area contributed by atoms with Gasteiger partial charge in [-0.05, 0) is 36.2 Å². The zero-order valence-corrected chi connectivity index (χ0v) is 19.2. The SMILES string of the molecule is CC1c2[nH]c3ccccc3c2C[C@H]2C(=O)N(c3ccccc3C(=O)NCc3ccccc3)C(=O)N12. The molecule has 0 bridgehead atoms. The molecule has 0 aliphatic carbocycles. The Bertz CT molecular complexity index is 1480. The monoisotopic (exact) mass is 464 g/mol. The smallest absolute Gasteiger partial charge is 0.332 e. The largest absolute Gasteiger partial charge is 0.356 e. The molecule has 0 radical (unpaired) electrons. The molecule has 35 heavy (non-hydrogen) atoms. The minimum Gasteiger partial charge on any atom is -0.356 e. The van der Waals surface area contributed by atoms with E-state index >= 15 is 0 Å². The van der Waals surface area contributed by atoms with Crippen LogP contribution in [0.3, 0.4) is 0 Å². The van der Waals surface area contributed by atoms with Gasteiger partial charge in [-0.15, -0.1) is 0 Å². The fourth-order valence-electron chi connectivity index (χ4n) is 5.32. The van der Waals surface area contributed by atoms with E-state index < -0.39 is 12.1 Å². The molecule has 4 aromatic rings. The molecule has 4 amide bonds. The highest BCUT2D eigenvalue weighted by Gasteiger charge is 2.52. The van der Waals surface area contributed by atoms with Crippen LogP contribution < -0.4 is 10.2 Å². The van der Waals surface area contributed by atoms with Gasteiger partial charge in [0.25, 0.3) is 11.8 Å². The van der Waals surface area contributed by atoms with Gasteiger partial charge >= 0.3 is 6.03 Å². The first-order valence-electron chi connectivity index (χ1n) is 11.7. The lowest BCUT2D eigenvalue weighted by Gasteiger charge is -2.33. The third-order valence-corrected chi connectivity index (χ3v) is 7.02. The standard InChI is InChI=1S/C28H24N4O3/c1-17-25-21(19-11-5-7-13-22(19)30-25)15-24-27(34)32(28(35)31(17)24)23-14-8-6-12-20(23)26(33)29-16-18-9-3-2-4-10-18/h2-14,17,24,30H,15-16H2,1H3,(H,29,33)/t17?,24-/m0/s1. The zero-order chi connectivity index (χ0) is 24.1. The van der Waals surface area contributed by atoms with Crippen molar-refractivity contribution in [2.45, 2.75) is 32.0 Å². The Morgan fingerprint density at radius 3 is 2.51 bits per heavy atom. The van der Waals surface area contributed by atoms with Crippen LogP contribution >= 0.6 is 0 Å². The lowest BCUT2D eigenvalue weighted by Crippen LogP contribution is -2.42. The summed E-state index contributed by atoms with van der Waals surface area (Å²) in [5.74, 6) is -0.639. The van der Waals surface area contributed by atoms with Crippen molar-refractivity contribution in [1.82, 2.24) is 15.2 Å². The number of carbonyl (C=O) groups excluding carboxylic acids is 3. The Morgan fingerprint density at radius 2 is 1.69 bits per heavy atom. The summed E-state index contributed by atoms with van der Waals surface area (Å²) in [6.45, 7) is 2.29. The predicted octanol–water partition coefficient (Wildman–Crippen LogP) is 4.55. The molecule has 3 heterocycles. The van der Waals surface area contributed by atoms with Crippen LogP contribution in [0.1, 0.15) is 40.1 Å². The molecule has 2 atom stereocenters. The Hall–Kier alpha value is -4.39. The molecule has 7 heteroatoms. The van der Waals surface area contributed by atoms with Gasteiger partial charge in [-0.2, -0.15) is 0 Å². The number of para-hydroxylation sites is 2. The second-order valence-corrected chi connectivity index (χ2v) is 9.01. The van der Waals surface area contributed by atoms with E-state index in [0.29, 0.717) is 24.2 Å². The summed E-state index contributed by atoms with van der Waals surface area (Å²) in [5.41, 5.74) is 4.60. The molecule has 7 nitrogen and oxygen atoms in total. The number of hydrogen-bond acceptors (Lipinski definition) is 3. The number of nitrogens with zero attached hydrogens (tertiary/aromatic N) is 2. The Kier molecular flexibility index (Phi) is 4.91. The quantitative estimate of drug-likeness (QED) is 0.435. The number of benzene rings is 3. The highest BCUT2D eigenvalue weighted by Crippen LogP contribution is 2.42. The number of anilines is 1. The highest BCUT2D eigenvalue weighted by atomic mass is 16.2. The van der Waals surface area contributed by atoms with Crippen molar-refractivity contribution in [2.24, 2.45) is 0 Å². The summed E-state index contributed by atoms with van der Waals surface area (Å²) in [6.07, 6.45) is 0.438. The molecule has 0 spiro atoms. The van der Waals surface area contributed by atoms with Crippen LogP contribution in [-0.2, 0) is 17.8 Å². The summed E-state index contributed by atoms with van der Waals surface area (Å²) in [7, 11) is 0. The van der Waals surface area contributed by atoms with Crippen LogP contribution in [-0.4, -0.2) is 33.8 Å². The van der Waals surface area contributed by atoms with E-state index in [-0.39, 0.29) is 17.9 Å². The first-order chi connectivity index (χ1) is 17.0. The number of carbonyl (C=O) groups is 3. The number of nitrogens with one attached hydrogen (secondary N) is 2. The number of hydrogen-bond donors (Lipinski definition) is 2. The van der Waals surface area contributed by atoms with Gasteiger partial charge in [0, 0.05) is 29.6 Å². The van der Waals surface area contributed by atoms with Crippen LogP contribution in [0.5, 0.6) is 0 Å². The van der Waals surface area contributed by atoms with Crippen molar-refractivity contribution in [3.63, 3.8) is 0 Å². The van der Waals surface area contributed by atoms with Crippen LogP contribution in [0.4, 0.5) is 10.5 Å². The first kappa shape index (κ1) is 21.2. The van der Waals surface area contributed by atoms with Crippen LogP contribution in [0, 0.1) is 0 Å². The Balaban J connectivity index is 1.32. The third-order valence-electron chi connectivity index (χ3n) is 7.02. The van der Waals surface area contributed by atoms with Gasteiger partial charge in [-0.1, -0.05) is 60.7 Å². The molecule has 0 saturated carbocycles. The molecule has 2 aliphatic heterocycles. The van der Waals surface area contributed by atoms with Crippen LogP contribution in [0.25, 0.3) is 10.9 Å². The average molecular weight is 465 g/mol. The topological polar surface area (TPSA) is 85.5 Å². The second-order valence-electron chi connectivity index (χ2n) is 9.01. The van der Waals surface area contributed by atoms with E-state index in [1.807, 2.05) is 61.5 Å². The number of H-pyrrole nitrogens is 1. The van der Waals surface area contributed by atoms with Gasteiger partial charge in [-0.3, -0.25) is 9.59 Å². The van der Waals surface area contributed by atoms with E-state index in [1.54, 1.807) is 29.2 Å². The molecule has 3 aromatic carbocycles. The molecular formula is C28H24N4O3. The number of aromatic amines is 1. The minimum absolute atomic E-state index is 0.293. The predicted molar refractivity (Wildman–Crippen MR) is 133 cm³/mol. The maximum Gasteiger partial charge on any atom is 0.332 e. The van der Waals surface area contributed by atoms with Crippen LogP contribution in [0.15, 0.2) is 78.9 Å². The molecular weight excluding hydrogens is 440 g/mol. The van der Waals surface area contributed by atoms with Crippen molar-refractivity contribution in [3.8, 4) is 0 Å². The normalized spacial score (nSPS) is 19.1. The molecule has 6 rings (SSSR count). The van der Waals surface area contributed by atoms with Crippen molar-refractivity contribution in [3.05, 3.63) is 101 Å². The van der Waals surface area contributed by atoms with E-state index in [1.165, 1.54) is 4.90 Å². The lowest BCUT2D eigenvalue weighted by atomic mass is 9.93. The highest BCUT2D eigenvalue weighted by molar-refractivity contribution is 6.24. The lowest BCUT2D eigenvalue weighted by molar-refractivity contribution is -0.120. The molecule has 1 saturated heterocycles. The van der Waals surface area contributed by atoms with Gasteiger partial charge in [0.05, 0.1) is 17.3 Å². The van der Waals surface area contributed by atoms with Gasteiger partial charge in [0.15, 0.2) is 0 Å². The van der Waals surface area contributed by atoms with Crippen molar-refractivity contribution in [2.75, 3.05) is 4.90 Å². The molecule has 2 aliphatic rings. The Morgan fingerprint density at radius 1 is 0.971 bits per heavy atom. The van der Waals surface area contributed by atoms with Crippen molar-refractivity contribution < 1.29 is 14.4 Å². The molecule has 1 unspecified atom stereocenters. The van der Waals surface area contributed by atoms with Crippen LogP contribution in [0.2, 0.25) is 0 Å². The third kappa shape index (κ3) is 3.31. The van der Waals surface area contributed by atoms with Gasteiger partial charge in [0.1, 0.15) is 6.04 Å². The van der Waals surface area contributed by atoms with Crippen molar-refractivity contribution in [1.29, 1.82) is 0 Å².